The molecule has 1 aliphatic carbocycles. The zero-order valence-electron chi connectivity index (χ0n) is 10.1. The Morgan fingerprint density at radius 2 is 1.94 bits per heavy atom. The molecule has 2 nitrogen and oxygen atoms in total. The van der Waals surface area contributed by atoms with Crippen molar-refractivity contribution < 1.29 is 9.13 Å². The quantitative estimate of drug-likeness (QED) is 0.873. The van der Waals surface area contributed by atoms with Crippen molar-refractivity contribution in [2.75, 3.05) is 6.54 Å². The monoisotopic (exact) mass is 237 g/mol. The molecule has 94 valence electrons. The highest BCUT2D eigenvalue weighted by Crippen LogP contribution is 2.24. The smallest absolute Gasteiger partial charge is 0.127 e. The molecule has 2 rings (SSSR count). The van der Waals surface area contributed by atoms with Gasteiger partial charge in [-0.1, -0.05) is 6.42 Å². The highest BCUT2D eigenvalue weighted by atomic mass is 19.1. The molecule has 0 aromatic heterocycles. The number of ether oxygens (including phenoxy) is 1. The molecule has 2 N–H and O–H groups in total. The molecular weight excluding hydrogens is 217 g/mol. The maximum atomic E-state index is 13.4. The summed E-state index contributed by atoms with van der Waals surface area (Å²) in [4.78, 5) is 0. The first-order valence-corrected chi connectivity index (χ1v) is 6.44. The molecule has 1 fully saturated rings. The van der Waals surface area contributed by atoms with Gasteiger partial charge in [-0.15, -0.1) is 0 Å². The van der Waals surface area contributed by atoms with Crippen molar-refractivity contribution >= 4 is 0 Å². The van der Waals surface area contributed by atoms with Crippen molar-refractivity contribution in [2.45, 2.75) is 44.6 Å². The molecule has 1 saturated carbocycles. The van der Waals surface area contributed by atoms with Crippen molar-refractivity contribution in [3.8, 4) is 5.75 Å². The van der Waals surface area contributed by atoms with Gasteiger partial charge in [0.2, 0.25) is 0 Å². The van der Waals surface area contributed by atoms with Crippen LogP contribution in [0.4, 0.5) is 4.39 Å². The van der Waals surface area contributed by atoms with E-state index in [4.69, 9.17) is 10.5 Å². The fraction of sp³-hybridized carbons (Fsp3) is 0.571. The van der Waals surface area contributed by atoms with E-state index in [0.29, 0.717) is 18.7 Å². The second kappa shape index (κ2) is 6.01. The van der Waals surface area contributed by atoms with Gasteiger partial charge in [-0.2, -0.15) is 0 Å². The summed E-state index contributed by atoms with van der Waals surface area (Å²) >= 11 is 0. The minimum Gasteiger partial charge on any atom is -0.490 e. The minimum absolute atomic E-state index is 0.234. The maximum absolute atomic E-state index is 13.4. The van der Waals surface area contributed by atoms with Crippen LogP contribution in [-0.2, 0) is 6.42 Å². The van der Waals surface area contributed by atoms with Gasteiger partial charge in [-0.3, -0.25) is 0 Å². The zero-order chi connectivity index (χ0) is 12.1. The van der Waals surface area contributed by atoms with E-state index in [9.17, 15) is 4.39 Å². The van der Waals surface area contributed by atoms with Crippen LogP contribution in [-0.4, -0.2) is 12.6 Å². The van der Waals surface area contributed by atoms with E-state index in [1.165, 1.54) is 31.4 Å². The fourth-order valence-electron chi connectivity index (χ4n) is 2.38. The van der Waals surface area contributed by atoms with Gasteiger partial charge in [-0.25, -0.2) is 4.39 Å². The molecule has 0 atom stereocenters. The molecule has 0 unspecified atom stereocenters. The summed E-state index contributed by atoms with van der Waals surface area (Å²) in [5, 5.41) is 0. The van der Waals surface area contributed by atoms with Crippen molar-refractivity contribution in [1.29, 1.82) is 0 Å². The van der Waals surface area contributed by atoms with E-state index in [2.05, 4.69) is 0 Å². The van der Waals surface area contributed by atoms with Crippen LogP contribution in [0.25, 0.3) is 0 Å². The van der Waals surface area contributed by atoms with Gasteiger partial charge in [0.15, 0.2) is 0 Å². The second-order valence-corrected chi connectivity index (χ2v) is 4.71. The van der Waals surface area contributed by atoms with Gasteiger partial charge in [0.1, 0.15) is 11.6 Å². The van der Waals surface area contributed by atoms with Crippen molar-refractivity contribution in [1.82, 2.24) is 0 Å². The number of rotatable bonds is 4. The normalized spacial score (nSPS) is 17.1. The molecule has 0 heterocycles. The number of hydrogen-bond acceptors (Lipinski definition) is 2. The van der Waals surface area contributed by atoms with E-state index < -0.39 is 0 Å². The van der Waals surface area contributed by atoms with Crippen LogP contribution in [0.1, 0.15) is 37.7 Å². The molecule has 0 spiro atoms. The van der Waals surface area contributed by atoms with Gasteiger partial charge in [0.25, 0.3) is 0 Å². The van der Waals surface area contributed by atoms with Crippen molar-refractivity contribution in [3.05, 3.63) is 29.6 Å². The number of hydrogen-bond donors (Lipinski definition) is 1. The summed E-state index contributed by atoms with van der Waals surface area (Å²) in [5.41, 5.74) is 6.40. The van der Waals surface area contributed by atoms with Crippen LogP contribution in [0, 0.1) is 5.82 Å². The molecular formula is C14H20FNO. The standard InChI is InChI=1S/C14H20FNO/c15-12-8-11(6-7-16)9-14(10-12)17-13-4-2-1-3-5-13/h8-10,13H,1-7,16H2. The molecule has 17 heavy (non-hydrogen) atoms. The fourth-order valence-corrected chi connectivity index (χ4v) is 2.38. The SMILES string of the molecule is NCCc1cc(F)cc(OC2CCCCC2)c1. The number of nitrogens with two attached hydrogens (primary N) is 1. The number of benzene rings is 1. The van der Waals surface area contributed by atoms with Gasteiger partial charge < -0.3 is 10.5 Å². The van der Waals surface area contributed by atoms with E-state index in [0.717, 1.165) is 18.4 Å². The topological polar surface area (TPSA) is 35.2 Å². The third kappa shape index (κ3) is 3.70. The second-order valence-electron chi connectivity index (χ2n) is 4.71. The lowest BCUT2D eigenvalue weighted by atomic mass is 9.98. The van der Waals surface area contributed by atoms with Crippen LogP contribution in [0.2, 0.25) is 0 Å². The largest absolute Gasteiger partial charge is 0.490 e. The first-order chi connectivity index (χ1) is 8.28. The van der Waals surface area contributed by atoms with Crippen molar-refractivity contribution in [2.24, 2.45) is 5.73 Å². The molecule has 0 aliphatic heterocycles. The lowest BCUT2D eigenvalue weighted by molar-refractivity contribution is 0.154. The zero-order valence-corrected chi connectivity index (χ0v) is 10.1. The van der Waals surface area contributed by atoms with Gasteiger partial charge in [0.05, 0.1) is 6.10 Å². The Kier molecular flexibility index (Phi) is 4.37. The van der Waals surface area contributed by atoms with Crippen molar-refractivity contribution in [3.63, 3.8) is 0 Å². The Hall–Kier alpha value is -1.09. The van der Waals surface area contributed by atoms with Crippen LogP contribution in [0.15, 0.2) is 18.2 Å². The highest BCUT2D eigenvalue weighted by Gasteiger charge is 2.15. The maximum Gasteiger partial charge on any atom is 0.127 e. The lowest BCUT2D eigenvalue weighted by Crippen LogP contribution is -2.19. The average molecular weight is 237 g/mol. The third-order valence-electron chi connectivity index (χ3n) is 3.22. The molecule has 0 radical (unpaired) electrons. The van der Waals surface area contributed by atoms with Crippen LogP contribution < -0.4 is 10.5 Å². The summed E-state index contributed by atoms with van der Waals surface area (Å²) in [7, 11) is 0. The lowest BCUT2D eigenvalue weighted by Gasteiger charge is -2.23. The molecule has 1 aromatic carbocycles. The van der Waals surface area contributed by atoms with Gasteiger partial charge in [-0.05, 0) is 56.3 Å². The van der Waals surface area contributed by atoms with E-state index in [1.54, 1.807) is 0 Å². The first-order valence-electron chi connectivity index (χ1n) is 6.44. The summed E-state index contributed by atoms with van der Waals surface area (Å²) < 4.78 is 19.2. The Balaban J connectivity index is 2.03. The molecule has 1 aliphatic rings. The Labute approximate surface area is 102 Å². The molecule has 0 amide bonds. The summed E-state index contributed by atoms with van der Waals surface area (Å²) in [6.45, 7) is 0.534. The summed E-state index contributed by atoms with van der Waals surface area (Å²) in [6, 6.07) is 4.90. The predicted molar refractivity (Wildman–Crippen MR) is 66.7 cm³/mol. The Morgan fingerprint density at radius 1 is 1.18 bits per heavy atom. The summed E-state index contributed by atoms with van der Waals surface area (Å²) in [5.74, 6) is 0.419. The van der Waals surface area contributed by atoms with E-state index in [1.807, 2.05) is 6.07 Å². The minimum atomic E-state index is -0.234. The summed E-state index contributed by atoms with van der Waals surface area (Å²) in [6.07, 6.45) is 6.85. The van der Waals surface area contributed by atoms with Crippen LogP contribution >= 0.6 is 0 Å². The molecule has 3 heteroatoms. The predicted octanol–water partition coefficient (Wildman–Crippen LogP) is 3.04. The Bertz CT molecular complexity index is 361. The highest BCUT2D eigenvalue weighted by molar-refractivity contribution is 5.30. The molecule has 0 bridgehead atoms. The van der Waals surface area contributed by atoms with Gasteiger partial charge >= 0.3 is 0 Å². The first kappa shape index (κ1) is 12.4. The molecule has 1 aromatic rings. The molecule has 0 saturated heterocycles. The Morgan fingerprint density at radius 3 is 2.65 bits per heavy atom. The average Bonchev–Trinajstić information content (AvgIpc) is 2.30. The van der Waals surface area contributed by atoms with Crippen LogP contribution in [0.5, 0.6) is 5.75 Å². The van der Waals surface area contributed by atoms with E-state index >= 15 is 0 Å². The third-order valence-corrected chi connectivity index (χ3v) is 3.22. The van der Waals surface area contributed by atoms with E-state index in [-0.39, 0.29) is 11.9 Å². The van der Waals surface area contributed by atoms with Gasteiger partial charge in [0, 0.05) is 6.07 Å². The van der Waals surface area contributed by atoms with Crippen LogP contribution in [0.3, 0.4) is 0 Å². The number of halogens is 1.